The Kier molecular flexibility index (Phi) is 6.07. The van der Waals surface area contributed by atoms with Crippen molar-refractivity contribution in [2.45, 2.75) is 39.0 Å². The van der Waals surface area contributed by atoms with Gasteiger partial charge in [-0.3, -0.25) is 4.98 Å². The van der Waals surface area contributed by atoms with E-state index in [1.807, 2.05) is 50.4 Å². The van der Waals surface area contributed by atoms with Crippen molar-refractivity contribution < 1.29 is 4.74 Å². The van der Waals surface area contributed by atoms with Gasteiger partial charge in [0.1, 0.15) is 11.8 Å². The summed E-state index contributed by atoms with van der Waals surface area (Å²) < 4.78 is 8.16. The molecule has 0 spiro atoms. The maximum atomic E-state index is 5.89. The van der Waals surface area contributed by atoms with Crippen LogP contribution in [0.2, 0.25) is 0 Å². The van der Waals surface area contributed by atoms with Crippen molar-refractivity contribution in [1.82, 2.24) is 14.9 Å². The minimum atomic E-state index is -0.1000. The van der Waals surface area contributed by atoms with Crippen LogP contribution in [-0.4, -0.2) is 20.8 Å². The third kappa shape index (κ3) is 4.17. The molecule has 0 unspecified atom stereocenters. The van der Waals surface area contributed by atoms with Crippen LogP contribution in [0.1, 0.15) is 43.0 Å². The van der Waals surface area contributed by atoms with E-state index in [2.05, 4.69) is 81.3 Å². The standard InChI is InChI=1S/C28H28N4OS/c1-19(2)33-23-15-13-22(14-16-23)32-27(26(30-28(32)34)24-11-7-8-18-29-24)25-17-12-20(3)31(25)21-9-5-4-6-10-21/h4-19,26-27H,1-3H3,(H,30,34)/t26-,27+/m0/s1. The minimum Gasteiger partial charge on any atom is -0.491 e. The van der Waals surface area contributed by atoms with E-state index < -0.39 is 0 Å². The zero-order valence-electron chi connectivity index (χ0n) is 19.6. The first-order valence-electron chi connectivity index (χ1n) is 11.5. The third-order valence-electron chi connectivity index (χ3n) is 6.01. The van der Waals surface area contributed by atoms with Gasteiger partial charge in [0.05, 0.1) is 17.8 Å². The van der Waals surface area contributed by atoms with E-state index in [1.165, 1.54) is 5.69 Å². The van der Waals surface area contributed by atoms with Crippen LogP contribution in [-0.2, 0) is 0 Å². The normalized spacial score (nSPS) is 17.8. The molecule has 0 amide bonds. The first-order chi connectivity index (χ1) is 16.5. The van der Waals surface area contributed by atoms with E-state index in [0.29, 0.717) is 5.11 Å². The summed E-state index contributed by atoms with van der Waals surface area (Å²) in [6.45, 7) is 6.19. The summed E-state index contributed by atoms with van der Waals surface area (Å²) in [4.78, 5) is 6.87. The van der Waals surface area contributed by atoms with E-state index in [4.69, 9.17) is 17.0 Å². The molecule has 0 bridgehead atoms. The van der Waals surface area contributed by atoms with Crippen molar-refractivity contribution in [3.63, 3.8) is 0 Å². The average Bonchev–Trinajstić information content (AvgIpc) is 3.39. The fourth-order valence-electron chi connectivity index (χ4n) is 4.61. The zero-order chi connectivity index (χ0) is 23.7. The summed E-state index contributed by atoms with van der Waals surface area (Å²) in [7, 11) is 0. The zero-order valence-corrected chi connectivity index (χ0v) is 20.4. The second kappa shape index (κ2) is 9.31. The van der Waals surface area contributed by atoms with Crippen LogP contribution in [0, 0.1) is 6.92 Å². The number of nitrogens with zero attached hydrogens (tertiary/aromatic N) is 3. The first kappa shape index (κ1) is 22.2. The van der Waals surface area contributed by atoms with Gasteiger partial charge in [-0.05, 0) is 93.7 Å². The van der Waals surface area contributed by atoms with Gasteiger partial charge in [-0.25, -0.2) is 0 Å². The van der Waals surface area contributed by atoms with E-state index in [9.17, 15) is 0 Å². The van der Waals surface area contributed by atoms with E-state index in [-0.39, 0.29) is 18.2 Å². The summed E-state index contributed by atoms with van der Waals surface area (Å²) in [6.07, 6.45) is 1.96. The topological polar surface area (TPSA) is 42.3 Å². The van der Waals surface area contributed by atoms with Gasteiger partial charge in [-0.1, -0.05) is 24.3 Å². The molecule has 1 fully saturated rings. The van der Waals surface area contributed by atoms with Crippen molar-refractivity contribution >= 4 is 23.0 Å². The van der Waals surface area contributed by atoms with Gasteiger partial charge in [0.25, 0.3) is 0 Å². The fraction of sp³-hybridized carbons (Fsp3) is 0.214. The van der Waals surface area contributed by atoms with Gasteiger partial charge < -0.3 is 19.5 Å². The highest BCUT2D eigenvalue weighted by molar-refractivity contribution is 7.80. The van der Waals surface area contributed by atoms with Crippen molar-refractivity contribution in [3.05, 3.63) is 108 Å². The SMILES string of the molecule is Cc1ccc([C@@H]2[C@H](c3ccccn3)NC(=S)N2c2ccc(OC(C)C)cc2)n1-c1ccccc1. The summed E-state index contributed by atoms with van der Waals surface area (Å²) in [6, 6.07) is 28.8. The van der Waals surface area contributed by atoms with Gasteiger partial charge >= 0.3 is 0 Å². The average molecular weight is 469 g/mol. The molecule has 2 aromatic carbocycles. The molecular weight excluding hydrogens is 440 g/mol. The third-order valence-corrected chi connectivity index (χ3v) is 6.32. The second-order valence-corrected chi connectivity index (χ2v) is 9.11. The largest absolute Gasteiger partial charge is 0.491 e. The van der Waals surface area contributed by atoms with Gasteiger partial charge in [0.15, 0.2) is 5.11 Å². The Morgan fingerprint density at radius 1 is 0.882 bits per heavy atom. The smallest absolute Gasteiger partial charge is 0.174 e. The molecule has 34 heavy (non-hydrogen) atoms. The van der Waals surface area contributed by atoms with Crippen molar-refractivity contribution in [1.29, 1.82) is 0 Å². The predicted molar refractivity (Wildman–Crippen MR) is 141 cm³/mol. The quantitative estimate of drug-likeness (QED) is 0.344. The summed E-state index contributed by atoms with van der Waals surface area (Å²) in [5.41, 5.74) is 5.40. The Morgan fingerprint density at radius 3 is 2.29 bits per heavy atom. The molecule has 4 aromatic rings. The molecule has 2 aromatic heterocycles. The van der Waals surface area contributed by atoms with E-state index >= 15 is 0 Å². The van der Waals surface area contributed by atoms with Gasteiger partial charge in [-0.2, -0.15) is 0 Å². The number of anilines is 1. The van der Waals surface area contributed by atoms with Crippen molar-refractivity contribution in [2.75, 3.05) is 4.90 Å². The minimum absolute atomic E-state index is 0.0897. The van der Waals surface area contributed by atoms with E-state index in [1.54, 1.807) is 0 Å². The lowest BCUT2D eigenvalue weighted by Crippen LogP contribution is -2.30. The first-order valence-corrected chi connectivity index (χ1v) is 11.9. The lowest BCUT2D eigenvalue weighted by molar-refractivity contribution is 0.242. The van der Waals surface area contributed by atoms with Gasteiger partial charge in [0.2, 0.25) is 0 Å². The molecule has 2 atom stereocenters. The number of hydrogen-bond acceptors (Lipinski definition) is 3. The molecule has 0 saturated carbocycles. The monoisotopic (exact) mass is 468 g/mol. The number of para-hydroxylation sites is 1. The number of aryl methyl sites for hydroxylation is 1. The van der Waals surface area contributed by atoms with Crippen LogP contribution in [0.15, 0.2) is 91.1 Å². The number of ether oxygens (including phenoxy) is 1. The molecule has 0 radical (unpaired) electrons. The molecule has 5 nitrogen and oxygen atoms in total. The summed E-state index contributed by atoms with van der Waals surface area (Å²) >= 11 is 5.89. The van der Waals surface area contributed by atoms with Crippen molar-refractivity contribution in [2.24, 2.45) is 0 Å². The van der Waals surface area contributed by atoms with Crippen LogP contribution >= 0.6 is 12.2 Å². The Balaban J connectivity index is 1.63. The lowest BCUT2D eigenvalue weighted by Gasteiger charge is -2.29. The molecular formula is C28H28N4OS. The molecule has 0 aliphatic carbocycles. The number of aromatic nitrogens is 2. The lowest BCUT2D eigenvalue weighted by atomic mass is 10.0. The number of thiocarbonyl (C=S) groups is 1. The van der Waals surface area contributed by atoms with Crippen LogP contribution in [0.4, 0.5) is 5.69 Å². The van der Waals surface area contributed by atoms with Gasteiger partial charge in [0, 0.05) is 29.0 Å². The molecule has 1 N–H and O–H groups in total. The van der Waals surface area contributed by atoms with Crippen LogP contribution in [0.5, 0.6) is 5.75 Å². The molecule has 172 valence electrons. The Hall–Kier alpha value is -3.64. The highest BCUT2D eigenvalue weighted by Gasteiger charge is 2.42. The number of pyridine rings is 1. The summed E-state index contributed by atoms with van der Waals surface area (Å²) in [5, 5.41) is 4.23. The second-order valence-electron chi connectivity index (χ2n) is 8.73. The van der Waals surface area contributed by atoms with Crippen LogP contribution in [0.3, 0.4) is 0 Å². The summed E-state index contributed by atoms with van der Waals surface area (Å²) in [5.74, 6) is 0.846. The number of nitrogens with one attached hydrogen (secondary N) is 1. The number of hydrogen-bond donors (Lipinski definition) is 1. The highest BCUT2D eigenvalue weighted by atomic mass is 32.1. The number of rotatable bonds is 6. The van der Waals surface area contributed by atoms with E-state index in [0.717, 1.165) is 28.5 Å². The van der Waals surface area contributed by atoms with Crippen LogP contribution in [0.25, 0.3) is 5.69 Å². The number of benzene rings is 2. The molecule has 3 heterocycles. The van der Waals surface area contributed by atoms with Gasteiger partial charge in [-0.15, -0.1) is 0 Å². The van der Waals surface area contributed by atoms with Crippen molar-refractivity contribution in [3.8, 4) is 11.4 Å². The Labute approximate surface area is 206 Å². The Morgan fingerprint density at radius 2 is 1.62 bits per heavy atom. The molecule has 1 aliphatic rings. The Bertz CT molecular complexity index is 1270. The molecule has 6 heteroatoms. The van der Waals surface area contributed by atoms with Crippen LogP contribution < -0.4 is 15.0 Å². The fourth-order valence-corrected chi connectivity index (χ4v) is 4.96. The molecule has 1 saturated heterocycles. The molecule has 5 rings (SSSR count). The highest BCUT2D eigenvalue weighted by Crippen LogP contribution is 2.43. The molecule has 1 aliphatic heterocycles. The maximum Gasteiger partial charge on any atom is 0.174 e. The predicted octanol–water partition coefficient (Wildman–Crippen LogP) is 6.15. The maximum absolute atomic E-state index is 5.89.